The van der Waals surface area contributed by atoms with Crippen LogP contribution in [0.15, 0.2) is 46.9 Å². The molecule has 1 saturated heterocycles. The van der Waals surface area contributed by atoms with E-state index in [0.29, 0.717) is 4.91 Å². The van der Waals surface area contributed by atoms with E-state index in [0.717, 1.165) is 22.9 Å². The van der Waals surface area contributed by atoms with Crippen LogP contribution in [0, 0.1) is 0 Å². The minimum absolute atomic E-state index is 0.272. The van der Waals surface area contributed by atoms with E-state index >= 15 is 0 Å². The quantitative estimate of drug-likeness (QED) is 0.584. The molecule has 0 spiro atoms. The molecule has 0 unspecified atom stereocenters. The van der Waals surface area contributed by atoms with Gasteiger partial charge in [0.05, 0.1) is 4.91 Å². The number of carboxylic acid groups (broad SMARTS) is 1. The SMILES string of the molecule is CC(/C=C1\SC(=S)N(CC(=O)NCC(=O)O)C1=O)=C\c1ccccc1. The molecular formula is C17H16N2O4S2. The van der Waals surface area contributed by atoms with E-state index in [1.807, 2.05) is 43.3 Å². The predicted octanol–water partition coefficient (Wildman–Crippen LogP) is 2.03. The van der Waals surface area contributed by atoms with Gasteiger partial charge < -0.3 is 10.4 Å². The third-order valence-corrected chi connectivity index (χ3v) is 4.54. The van der Waals surface area contributed by atoms with E-state index in [9.17, 15) is 14.4 Å². The van der Waals surface area contributed by atoms with Gasteiger partial charge in [-0.3, -0.25) is 19.3 Å². The molecule has 1 fully saturated rings. The highest BCUT2D eigenvalue weighted by molar-refractivity contribution is 8.26. The van der Waals surface area contributed by atoms with Crippen LogP contribution in [0.1, 0.15) is 12.5 Å². The molecule has 130 valence electrons. The Morgan fingerprint density at radius 3 is 2.64 bits per heavy atom. The van der Waals surface area contributed by atoms with Gasteiger partial charge in [-0.05, 0) is 24.1 Å². The first-order valence-electron chi connectivity index (χ1n) is 7.34. The average molecular weight is 376 g/mol. The Labute approximate surface area is 154 Å². The molecule has 1 aromatic rings. The first-order chi connectivity index (χ1) is 11.9. The number of hydrogen-bond donors (Lipinski definition) is 2. The number of rotatable bonds is 6. The largest absolute Gasteiger partial charge is 0.480 e. The van der Waals surface area contributed by atoms with E-state index < -0.39 is 18.4 Å². The number of benzene rings is 1. The summed E-state index contributed by atoms with van der Waals surface area (Å²) in [5.74, 6) is -2.09. The van der Waals surface area contributed by atoms with Gasteiger partial charge in [0.25, 0.3) is 5.91 Å². The number of carbonyl (C=O) groups is 3. The molecule has 0 aliphatic carbocycles. The van der Waals surface area contributed by atoms with Crippen molar-refractivity contribution in [2.24, 2.45) is 0 Å². The standard InChI is InChI=1S/C17H16N2O4S2/c1-11(7-12-5-3-2-4-6-12)8-13-16(23)19(17(24)25-13)10-14(20)18-9-15(21)22/h2-8H,9-10H2,1H3,(H,18,20)(H,21,22)/b11-7+,13-8-. The predicted molar refractivity (Wildman–Crippen MR) is 101 cm³/mol. The number of allylic oxidation sites excluding steroid dienone is 2. The number of thiocarbonyl (C=S) groups is 1. The highest BCUT2D eigenvalue weighted by atomic mass is 32.2. The Hall–Kier alpha value is -2.45. The number of nitrogens with one attached hydrogen (secondary N) is 1. The Bertz CT molecular complexity index is 772. The van der Waals surface area contributed by atoms with Gasteiger partial charge in [0.15, 0.2) is 0 Å². The lowest BCUT2D eigenvalue weighted by Gasteiger charge is -2.13. The lowest BCUT2D eigenvalue weighted by molar-refractivity contribution is -0.138. The second-order valence-electron chi connectivity index (χ2n) is 5.24. The third kappa shape index (κ3) is 5.54. The third-order valence-electron chi connectivity index (χ3n) is 3.16. The van der Waals surface area contributed by atoms with Crippen LogP contribution in [0.25, 0.3) is 6.08 Å². The summed E-state index contributed by atoms with van der Waals surface area (Å²) in [4.78, 5) is 36.1. The fourth-order valence-corrected chi connectivity index (χ4v) is 3.38. The van der Waals surface area contributed by atoms with Crippen LogP contribution in [0.3, 0.4) is 0 Å². The molecule has 2 rings (SSSR count). The van der Waals surface area contributed by atoms with Gasteiger partial charge in [0.2, 0.25) is 5.91 Å². The normalized spacial score (nSPS) is 16.4. The van der Waals surface area contributed by atoms with Crippen molar-refractivity contribution in [2.45, 2.75) is 6.92 Å². The Kier molecular flexibility index (Phi) is 6.49. The van der Waals surface area contributed by atoms with Gasteiger partial charge in [-0.15, -0.1) is 0 Å². The van der Waals surface area contributed by atoms with Crippen molar-refractivity contribution < 1.29 is 19.5 Å². The molecule has 0 bridgehead atoms. The molecule has 1 aliphatic heterocycles. The van der Waals surface area contributed by atoms with Crippen LogP contribution in [-0.2, 0) is 14.4 Å². The second-order valence-corrected chi connectivity index (χ2v) is 6.91. The molecule has 2 amide bonds. The lowest BCUT2D eigenvalue weighted by Crippen LogP contribution is -2.41. The highest BCUT2D eigenvalue weighted by Gasteiger charge is 2.33. The first kappa shape index (κ1) is 18.9. The summed E-state index contributed by atoms with van der Waals surface area (Å²) >= 11 is 6.26. The Morgan fingerprint density at radius 1 is 1.32 bits per heavy atom. The van der Waals surface area contributed by atoms with E-state index in [1.54, 1.807) is 6.08 Å². The van der Waals surface area contributed by atoms with Crippen LogP contribution >= 0.6 is 24.0 Å². The maximum absolute atomic E-state index is 12.4. The Morgan fingerprint density at radius 2 is 2.00 bits per heavy atom. The molecule has 1 aromatic carbocycles. The van der Waals surface area contributed by atoms with Gasteiger partial charge >= 0.3 is 5.97 Å². The number of hydrogen-bond acceptors (Lipinski definition) is 5. The summed E-state index contributed by atoms with van der Waals surface area (Å²) < 4.78 is 0.272. The zero-order valence-electron chi connectivity index (χ0n) is 13.4. The van der Waals surface area contributed by atoms with Gasteiger partial charge in [0, 0.05) is 0 Å². The number of carbonyl (C=O) groups excluding carboxylic acids is 2. The average Bonchev–Trinajstić information content (AvgIpc) is 2.81. The van der Waals surface area contributed by atoms with Crippen molar-refractivity contribution in [1.82, 2.24) is 10.2 Å². The molecule has 8 heteroatoms. The second kappa shape index (κ2) is 8.59. The van der Waals surface area contributed by atoms with Crippen LogP contribution in [0.4, 0.5) is 0 Å². The smallest absolute Gasteiger partial charge is 0.322 e. The fraction of sp³-hybridized carbons (Fsp3) is 0.176. The molecule has 0 aromatic heterocycles. The van der Waals surface area contributed by atoms with Crippen LogP contribution in [-0.4, -0.2) is 45.2 Å². The van der Waals surface area contributed by atoms with E-state index in [-0.39, 0.29) is 16.8 Å². The zero-order chi connectivity index (χ0) is 18.4. The summed E-state index contributed by atoms with van der Waals surface area (Å²) in [5.41, 5.74) is 1.89. The number of carboxylic acids is 1. The molecule has 25 heavy (non-hydrogen) atoms. The van der Waals surface area contributed by atoms with Gasteiger partial charge in [-0.25, -0.2) is 0 Å². The highest BCUT2D eigenvalue weighted by Crippen LogP contribution is 2.31. The zero-order valence-corrected chi connectivity index (χ0v) is 15.0. The fourth-order valence-electron chi connectivity index (χ4n) is 2.07. The van der Waals surface area contributed by atoms with Gasteiger partial charge in [-0.2, -0.15) is 0 Å². The van der Waals surface area contributed by atoms with Crippen molar-refractivity contribution in [2.75, 3.05) is 13.1 Å². The monoisotopic (exact) mass is 376 g/mol. The van der Waals surface area contributed by atoms with Gasteiger partial charge in [0.1, 0.15) is 17.4 Å². The van der Waals surface area contributed by atoms with E-state index in [2.05, 4.69) is 5.32 Å². The van der Waals surface area contributed by atoms with Crippen LogP contribution in [0.2, 0.25) is 0 Å². The molecule has 0 radical (unpaired) electrons. The van der Waals surface area contributed by atoms with E-state index in [1.165, 1.54) is 4.90 Å². The molecule has 0 atom stereocenters. The summed E-state index contributed by atoms with van der Waals surface area (Å²) in [6.45, 7) is 1.08. The number of thioether (sulfide) groups is 1. The summed E-state index contributed by atoms with van der Waals surface area (Å²) in [5, 5.41) is 10.8. The van der Waals surface area contributed by atoms with Crippen molar-refractivity contribution >= 4 is 52.2 Å². The molecule has 1 aliphatic rings. The minimum Gasteiger partial charge on any atom is -0.480 e. The maximum atomic E-state index is 12.4. The van der Waals surface area contributed by atoms with Crippen LogP contribution < -0.4 is 5.32 Å². The van der Waals surface area contributed by atoms with Crippen molar-refractivity contribution in [3.05, 3.63) is 52.4 Å². The summed E-state index contributed by atoms with van der Waals surface area (Å²) in [6, 6.07) is 9.68. The summed E-state index contributed by atoms with van der Waals surface area (Å²) in [6.07, 6.45) is 3.66. The maximum Gasteiger partial charge on any atom is 0.322 e. The number of amides is 2. The topological polar surface area (TPSA) is 86.7 Å². The number of aliphatic carboxylic acids is 1. The number of nitrogens with zero attached hydrogens (tertiary/aromatic N) is 1. The van der Waals surface area contributed by atoms with Crippen molar-refractivity contribution in [1.29, 1.82) is 0 Å². The Balaban J connectivity index is 2.06. The van der Waals surface area contributed by atoms with Gasteiger partial charge in [-0.1, -0.05) is 60.4 Å². The molecule has 1 heterocycles. The first-order valence-corrected chi connectivity index (χ1v) is 8.56. The van der Waals surface area contributed by atoms with E-state index in [4.69, 9.17) is 17.3 Å². The molecule has 0 saturated carbocycles. The van der Waals surface area contributed by atoms with Crippen molar-refractivity contribution in [3.8, 4) is 0 Å². The minimum atomic E-state index is -1.15. The lowest BCUT2D eigenvalue weighted by atomic mass is 10.1. The molecule has 6 nitrogen and oxygen atoms in total. The molecule has 2 N–H and O–H groups in total. The molecular weight excluding hydrogens is 360 g/mol. The van der Waals surface area contributed by atoms with Crippen molar-refractivity contribution in [3.63, 3.8) is 0 Å². The van der Waals surface area contributed by atoms with Crippen LogP contribution in [0.5, 0.6) is 0 Å². The summed E-state index contributed by atoms with van der Waals surface area (Å²) in [7, 11) is 0.